The number of carbonyl (C=O) groups excluding carboxylic acids is 1. The Labute approximate surface area is 151 Å². The molecule has 3 rings (SSSR count). The smallest absolute Gasteiger partial charge is 0.232 e. The van der Waals surface area contributed by atoms with Crippen LogP contribution in [0.5, 0.6) is 5.75 Å². The third-order valence-electron chi connectivity index (χ3n) is 4.53. The molecule has 0 spiro atoms. The van der Waals surface area contributed by atoms with E-state index in [0.717, 1.165) is 6.42 Å². The van der Waals surface area contributed by atoms with Crippen LogP contribution < -0.4 is 4.74 Å². The summed E-state index contributed by atoms with van der Waals surface area (Å²) in [5, 5.41) is 0.0255. The zero-order valence-electron chi connectivity index (χ0n) is 14.2. The first-order chi connectivity index (χ1) is 11.9. The average molecular weight is 363 g/mol. The molecule has 2 aromatic rings. The summed E-state index contributed by atoms with van der Waals surface area (Å²) in [6.45, 7) is 4.49. The van der Waals surface area contributed by atoms with E-state index in [1.165, 1.54) is 6.07 Å². The molecule has 1 aromatic carbocycles. The third-order valence-corrected chi connectivity index (χ3v) is 4.82. The Kier molecular flexibility index (Phi) is 4.95. The third kappa shape index (κ3) is 3.61. The number of rotatable bonds is 4. The van der Waals surface area contributed by atoms with Gasteiger partial charge in [-0.05, 0) is 32.0 Å². The van der Waals surface area contributed by atoms with Crippen LogP contribution in [0, 0.1) is 5.82 Å². The number of benzene rings is 1. The lowest BCUT2D eigenvalue weighted by Gasteiger charge is -2.30. The van der Waals surface area contributed by atoms with E-state index in [1.807, 2.05) is 6.07 Å². The number of amides is 1. The van der Waals surface area contributed by atoms with E-state index in [-0.39, 0.29) is 17.0 Å². The van der Waals surface area contributed by atoms with Crippen LogP contribution in [-0.4, -0.2) is 35.0 Å². The molecule has 0 bridgehead atoms. The van der Waals surface area contributed by atoms with Gasteiger partial charge in [0.25, 0.3) is 0 Å². The van der Waals surface area contributed by atoms with E-state index in [9.17, 15) is 9.18 Å². The van der Waals surface area contributed by atoms with Crippen molar-refractivity contribution in [2.45, 2.75) is 31.8 Å². The molecule has 0 aliphatic carbocycles. The molecule has 0 saturated carbocycles. The van der Waals surface area contributed by atoms with Gasteiger partial charge in [-0.25, -0.2) is 4.39 Å². The van der Waals surface area contributed by atoms with Crippen LogP contribution in [0.3, 0.4) is 0 Å². The van der Waals surface area contributed by atoms with E-state index < -0.39 is 11.2 Å². The van der Waals surface area contributed by atoms with Gasteiger partial charge in [-0.3, -0.25) is 9.78 Å². The Morgan fingerprint density at radius 3 is 2.88 bits per heavy atom. The summed E-state index contributed by atoms with van der Waals surface area (Å²) in [6, 6.07) is 8.39. The number of nitrogens with zero attached hydrogens (tertiary/aromatic N) is 2. The molecular formula is C19H20ClFN2O2. The van der Waals surface area contributed by atoms with Gasteiger partial charge in [-0.2, -0.15) is 0 Å². The minimum absolute atomic E-state index is 0.0255. The van der Waals surface area contributed by atoms with Crippen molar-refractivity contribution in [2.24, 2.45) is 0 Å². The second kappa shape index (κ2) is 7.00. The highest BCUT2D eigenvalue weighted by atomic mass is 35.5. The maximum absolute atomic E-state index is 14.4. The van der Waals surface area contributed by atoms with Gasteiger partial charge < -0.3 is 9.64 Å². The first kappa shape index (κ1) is 17.7. The van der Waals surface area contributed by atoms with E-state index in [1.54, 1.807) is 49.3 Å². The van der Waals surface area contributed by atoms with Crippen molar-refractivity contribution < 1.29 is 13.9 Å². The number of halogens is 2. The van der Waals surface area contributed by atoms with Gasteiger partial charge in [0.1, 0.15) is 17.7 Å². The van der Waals surface area contributed by atoms with Crippen molar-refractivity contribution in [3.8, 4) is 5.75 Å². The lowest BCUT2D eigenvalue weighted by molar-refractivity contribution is -0.135. The monoisotopic (exact) mass is 362 g/mol. The molecule has 2 heterocycles. The lowest BCUT2D eigenvalue weighted by Crippen LogP contribution is -2.43. The summed E-state index contributed by atoms with van der Waals surface area (Å²) >= 11 is 5.87. The van der Waals surface area contributed by atoms with Crippen molar-refractivity contribution in [3.05, 3.63) is 59.1 Å². The first-order valence-electron chi connectivity index (χ1n) is 8.20. The number of hydrogen-bond donors (Lipinski definition) is 0. The zero-order valence-corrected chi connectivity index (χ0v) is 15.0. The normalized spacial score (nSPS) is 17.6. The van der Waals surface area contributed by atoms with Crippen molar-refractivity contribution in [1.29, 1.82) is 0 Å². The number of carbonyl (C=O) groups is 1. The topological polar surface area (TPSA) is 42.4 Å². The van der Waals surface area contributed by atoms with Gasteiger partial charge in [0, 0.05) is 24.7 Å². The van der Waals surface area contributed by atoms with Crippen molar-refractivity contribution in [3.63, 3.8) is 0 Å². The molecule has 6 heteroatoms. The highest BCUT2D eigenvalue weighted by molar-refractivity contribution is 6.30. The molecule has 0 N–H and O–H groups in total. The van der Waals surface area contributed by atoms with Crippen molar-refractivity contribution >= 4 is 17.5 Å². The molecule has 1 amide bonds. The molecule has 1 atom stereocenters. The van der Waals surface area contributed by atoms with Gasteiger partial charge in [0.2, 0.25) is 5.91 Å². The second-order valence-electron chi connectivity index (χ2n) is 6.69. The highest BCUT2D eigenvalue weighted by Gasteiger charge is 2.39. The fourth-order valence-corrected chi connectivity index (χ4v) is 3.29. The number of hydrogen-bond acceptors (Lipinski definition) is 3. The molecular weight excluding hydrogens is 343 g/mol. The summed E-state index contributed by atoms with van der Waals surface area (Å²) in [6.07, 6.45) is 3.97. The van der Waals surface area contributed by atoms with E-state index >= 15 is 0 Å². The molecule has 4 nitrogen and oxygen atoms in total. The Morgan fingerprint density at radius 2 is 2.16 bits per heavy atom. The molecule has 1 aliphatic heterocycles. The van der Waals surface area contributed by atoms with E-state index in [2.05, 4.69) is 4.98 Å². The van der Waals surface area contributed by atoms with Crippen LogP contribution in [0.15, 0.2) is 42.7 Å². The summed E-state index contributed by atoms with van der Waals surface area (Å²) < 4.78 is 20.2. The van der Waals surface area contributed by atoms with Crippen LogP contribution in [-0.2, 0) is 10.2 Å². The van der Waals surface area contributed by atoms with Crippen LogP contribution in [0.2, 0.25) is 5.02 Å². The minimum atomic E-state index is -1.00. The Hall–Kier alpha value is -2.14. The van der Waals surface area contributed by atoms with Crippen LogP contribution in [0.25, 0.3) is 0 Å². The summed E-state index contributed by atoms with van der Waals surface area (Å²) in [5.41, 5.74) is -0.695. The van der Waals surface area contributed by atoms with Gasteiger partial charge >= 0.3 is 0 Å². The fraction of sp³-hybridized carbons (Fsp3) is 0.368. The zero-order chi connectivity index (χ0) is 18.0. The summed E-state index contributed by atoms with van der Waals surface area (Å²) in [7, 11) is 0. The van der Waals surface area contributed by atoms with Gasteiger partial charge in [-0.15, -0.1) is 0 Å². The molecule has 1 aromatic heterocycles. The van der Waals surface area contributed by atoms with Crippen molar-refractivity contribution in [1.82, 2.24) is 9.88 Å². The van der Waals surface area contributed by atoms with E-state index in [4.69, 9.17) is 16.3 Å². The molecule has 132 valence electrons. The van der Waals surface area contributed by atoms with Crippen LogP contribution in [0.4, 0.5) is 4.39 Å². The Bertz CT molecular complexity index is 767. The van der Waals surface area contributed by atoms with Crippen LogP contribution >= 0.6 is 11.6 Å². The first-order valence-corrected chi connectivity index (χ1v) is 8.58. The average Bonchev–Trinajstić information content (AvgIpc) is 3.05. The SMILES string of the molecule is CC(C)(C(=O)N1CCC(Oc2cccnc2)C1)c1cccc(Cl)c1F. The summed E-state index contributed by atoms with van der Waals surface area (Å²) in [5.74, 6) is 0.0118. The van der Waals surface area contributed by atoms with Gasteiger partial charge in [0.05, 0.1) is 23.2 Å². The Morgan fingerprint density at radius 1 is 1.36 bits per heavy atom. The fourth-order valence-electron chi connectivity index (χ4n) is 3.12. The number of ether oxygens (including phenoxy) is 1. The molecule has 1 saturated heterocycles. The predicted molar refractivity (Wildman–Crippen MR) is 94.3 cm³/mol. The molecule has 1 unspecified atom stereocenters. The summed E-state index contributed by atoms with van der Waals surface area (Å²) in [4.78, 5) is 18.7. The molecule has 25 heavy (non-hydrogen) atoms. The maximum atomic E-state index is 14.4. The number of aromatic nitrogens is 1. The maximum Gasteiger partial charge on any atom is 0.232 e. The number of likely N-dealkylation sites (tertiary alicyclic amines) is 1. The quantitative estimate of drug-likeness (QED) is 0.830. The lowest BCUT2D eigenvalue weighted by atomic mass is 9.83. The minimum Gasteiger partial charge on any atom is -0.487 e. The largest absolute Gasteiger partial charge is 0.487 e. The highest BCUT2D eigenvalue weighted by Crippen LogP contribution is 2.32. The predicted octanol–water partition coefficient (Wildman–Crippen LogP) is 3.83. The van der Waals surface area contributed by atoms with Crippen molar-refractivity contribution in [2.75, 3.05) is 13.1 Å². The van der Waals surface area contributed by atoms with Gasteiger partial charge in [0.15, 0.2) is 0 Å². The van der Waals surface area contributed by atoms with E-state index in [0.29, 0.717) is 24.4 Å². The second-order valence-corrected chi connectivity index (χ2v) is 7.10. The number of pyridine rings is 1. The Balaban J connectivity index is 1.72. The standard InChI is InChI=1S/C19H20ClFN2O2/c1-19(2,15-6-3-7-16(20)17(15)21)18(24)23-10-8-14(12-23)25-13-5-4-9-22-11-13/h3-7,9,11,14H,8,10,12H2,1-2H3. The molecule has 1 fully saturated rings. The molecule has 1 aliphatic rings. The molecule has 0 radical (unpaired) electrons. The van der Waals surface area contributed by atoms with Gasteiger partial charge in [-0.1, -0.05) is 23.7 Å². The van der Waals surface area contributed by atoms with Crippen LogP contribution in [0.1, 0.15) is 25.8 Å².